The van der Waals surface area contributed by atoms with Crippen molar-refractivity contribution < 1.29 is 0 Å². The number of alkyl halides is 1. The van der Waals surface area contributed by atoms with Crippen molar-refractivity contribution in [3.63, 3.8) is 0 Å². The van der Waals surface area contributed by atoms with E-state index in [1.807, 2.05) is 7.05 Å². The predicted octanol–water partition coefficient (Wildman–Crippen LogP) is 2.62. The summed E-state index contributed by atoms with van der Waals surface area (Å²) in [5.74, 6) is 0. The minimum Gasteiger partial charge on any atom is -0.289 e. The molecular weight excluding hydrogens is 170 g/mol. The van der Waals surface area contributed by atoms with Gasteiger partial charge in [0.05, 0.1) is 6.00 Å². The Kier molecular flexibility index (Phi) is 3.57. The van der Waals surface area contributed by atoms with Crippen molar-refractivity contribution in [1.29, 1.82) is 0 Å². The molecule has 0 radical (unpaired) electrons. The van der Waals surface area contributed by atoms with Gasteiger partial charge in [-0.3, -0.25) is 4.90 Å². The van der Waals surface area contributed by atoms with Crippen LogP contribution in [0.4, 0.5) is 0 Å². The van der Waals surface area contributed by atoms with Crippen molar-refractivity contribution in [1.82, 2.24) is 4.90 Å². The number of nitrogens with zero attached hydrogens (tertiary/aromatic N) is 1. The smallest absolute Gasteiger partial charge is 0.0738 e. The van der Waals surface area contributed by atoms with Crippen molar-refractivity contribution in [2.45, 2.75) is 13.5 Å². The molecule has 1 nitrogen and oxygen atoms in total. The minimum absolute atomic E-state index is 0.577. The van der Waals surface area contributed by atoms with Gasteiger partial charge in [0.2, 0.25) is 0 Å². The van der Waals surface area contributed by atoms with Crippen molar-refractivity contribution in [2.75, 3.05) is 13.1 Å². The molecular formula is C10H14ClN. The Morgan fingerprint density at radius 3 is 2.33 bits per heavy atom. The van der Waals surface area contributed by atoms with Crippen LogP contribution in [0.3, 0.4) is 0 Å². The maximum atomic E-state index is 5.66. The highest BCUT2D eigenvalue weighted by Gasteiger charge is 1.96. The number of benzene rings is 1. The molecule has 0 unspecified atom stereocenters. The summed E-state index contributed by atoms with van der Waals surface area (Å²) in [5, 5.41) is 0. The lowest BCUT2D eigenvalue weighted by molar-refractivity contribution is 0.382. The third-order valence-electron chi connectivity index (χ3n) is 1.78. The highest BCUT2D eigenvalue weighted by Crippen LogP contribution is 2.05. The van der Waals surface area contributed by atoms with Gasteiger partial charge >= 0.3 is 0 Å². The van der Waals surface area contributed by atoms with Gasteiger partial charge in [0, 0.05) is 6.54 Å². The average molecular weight is 184 g/mol. The predicted molar refractivity (Wildman–Crippen MR) is 53.4 cm³/mol. The summed E-state index contributed by atoms with van der Waals surface area (Å²) >= 11 is 5.66. The standard InChI is InChI=1S/C10H14ClN/c1-9-3-5-10(6-4-9)7-12(2)8-11/h3-6H,7-8H2,1-2H3. The van der Waals surface area contributed by atoms with Crippen LogP contribution in [0.15, 0.2) is 24.3 Å². The molecule has 0 atom stereocenters. The van der Waals surface area contributed by atoms with E-state index in [4.69, 9.17) is 11.6 Å². The highest BCUT2D eigenvalue weighted by molar-refractivity contribution is 6.17. The molecule has 1 aromatic rings. The van der Waals surface area contributed by atoms with Crippen molar-refractivity contribution in [2.24, 2.45) is 0 Å². The van der Waals surface area contributed by atoms with E-state index in [1.165, 1.54) is 11.1 Å². The van der Waals surface area contributed by atoms with Crippen LogP contribution >= 0.6 is 11.6 Å². The first-order chi connectivity index (χ1) is 5.72. The van der Waals surface area contributed by atoms with Crippen molar-refractivity contribution >= 4 is 11.6 Å². The van der Waals surface area contributed by atoms with Crippen LogP contribution in [0.25, 0.3) is 0 Å². The van der Waals surface area contributed by atoms with Gasteiger partial charge in [0.15, 0.2) is 0 Å². The minimum atomic E-state index is 0.577. The van der Waals surface area contributed by atoms with Gasteiger partial charge in [0.1, 0.15) is 0 Å². The second-order valence-electron chi connectivity index (χ2n) is 3.12. The third kappa shape index (κ3) is 2.84. The van der Waals surface area contributed by atoms with E-state index >= 15 is 0 Å². The van der Waals surface area contributed by atoms with E-state index in [1.54, 1.807) is 0 Å². The Hall–Kier alpha value is -0.530. The Labute approximate surface area is 79.0 Å². The molecule has 0 aliphatic rings. The molecule has 1 aromatic carbocycles. The van der Waals surface area contributed by atoms with Gasteiger partial charge < -0.3 is 0 Å². The lowest BCUT2D eigenvalue weighted by Crippen LogP contribution is -2.15. The normalized spacial score (nSPS) is 10.7. The van der Waals surface area contributed by atoms with Gasteiger partial charge in [-0.1, -0.05) is 29.8 Å². The van der Waals surface area contributed by atoms with E-state index < -0.39 is 0 Å². The van der Waals surface area contributed by atoms with Gasteiger partial charge in [0.25, 0.3) is 0 Å². The molecule has 66 valence electrons. The molecule has 0 fully saturated rings. The summed E-state index contributed by atoms with van der Waals surface area (Å²) in [7, 11) is 2.01. The first-order valence-electron chi connectivity index (χ1n) is 4.02. The molecule has 0 saturated carbocycles. The summed E-state index contributed by atoms with van der Waals surface area (Å²) in [6.07, 6.45) is 0. The Bertz CT molecular complexity index is 230. The summed E-state index contributed by atoms with van der Waals surface area (Å²) < 4.78 is 0. The zero-order chi connectivity index (χ0) is 8.97. The first kappa shape index (κ1) is 9.56. The van der Waals surface area contributed by atoms with E-state index in [0.717, 1.165) is 6.54 Å². The van der Waals surface area contributed by atoms with E-state index in [0.29, 0.717) is 6.00 Å². The van der Waals surface area contributed by atoms with Crippen LogP contribution in [0.1, 0.15) is 11.1 Å². The van der Waals surface area contributed by atoms with Crippen LogP contribution in [0.2, 0.25) is 0 Å². The molecule has 0 bridgehead atoms. The van der Waals surface area contributed by atoms with Gasteiger partial charge in [-0.25, -0.2) is 0 Å². The fourth-order valence-electron chi connectivity index (χ4n) is 1.05. The zero-order valence-corrected chi connectivity index (χ0v) is 8.30. The second kappa shape index (κ2) is 4.48. The lowest BCUT2D eigenvalue weighted by Gasteiger charge is -2.12. The summed E-state index contributed by atoms with van der Waals surface area (Å²) in [5.41, 5.74) is 2.61. The number of aryl methyl sites for hydroxylation is 1. The molecule has 0 aliphatic heterocycles. The Morgan fingerprint density at radius 2 is 1.83 bits per heavy atom. The van der Waals surface area contributed by atoms with Crippen molar-refractivity contribution in [3.05, 3.63) is 35.4 Å². The average Bonchev–Trinajstić information content (AvgIpc) is 2.09. The molecule has 0 heterocycles. The second-order valence-corrected chi connectivity index (χ2v) is 3.36. The van der Waals surface area contributed by atoms with Gasteiger partial charge in [-0.2, -0.15) is 0 Å². The SMILES string of the molecule is Cc1ccc(CN(C)CCl)cc1. The lowest BCUT2D eigenvalue weighted by atomic mass is 10.1. The van der Waals surface area contributed by atoms with E-state index in [9.17, 15) is 0 Å². The summed E-state index contributed by atoms with van der Waals surface area (Å²) in [6, 6.07) is 9.10. The topological polar surface area (TPSA) is 3.24 Å². The summed E-state index contributed by atoms with van der Waals surface area (Å²) in [4.78, 5) is 2.06. The Morgan fingerprint density at radius 1 is 1.25 bits per heavy atom. The maximum Gasteiger partial charge on any atom is 0.0738 e. The molecule has 0 amide bonds. The fraction of sp³-hybridized carbons (Fsp3) is 0.400. The zero-order valence-electron chi connectivity index (χ0n) is 7.55. The molecule has 0 spiro atoms. The maximum absolute atomic E-state index is 5.66. The van der Waals surface area contributed by atoms with Crippen LogP contribution < -0.4 is 0 Å². The molecule has 0 aliphatic carbocycles. The van der Waals surface area contributed by atoms with Crippen LogP contribution in [-0.4, -0.2) is 18.0 Å². The number of halogens is 1. The quantitative estimate of drug-likeness (QED) is 0.515. The van der Waals surface area contributed by atoms with Crippen LogP contribution in [-0.2, 0) is 6.54 Å². The van der Waals surface area contributed by atoms with Crippen LogP contribution in [0, 0.1) is 6.92 Å². The molecule has 0 N–H and O–H groups in total. The number of rotatable bonds is 3. The monoisotopic (exact) mass is 183 g/mol. The third-order valence-corrected chi connectivity index (χ3v) is 2.19. The Balaban J connectivity index is 2.58. The first-order valence-corrected chi connectivity index (χ1v) is 4.56. The number of hydrogen-bond donors (Lipinski definition) is 0. The molecule has 12 heavy (non-hydrogen) atoms. The highest BCUT2D eigenvalue weighted by atomic mass is 35.5. The molecule has 0 saturated heterocycles. The molecule has 0 aromatic heterocycles. The van der Waals surface area contributed by atoms with Gasteiger partial charge in [-0.05, 0) is 19.5 Å². The summed E-state index contributed by atoms with van der Waals surface area (Å²) in [6.45, 7) is 3.01. The largest absolute Gasteiger partial charge is 0.289 e. The number of hydrogen-bond acceptors (Lipinski definition) is 1. The van der Waals surface area contributed by atoms with Crippen molar-refractivity contribution in [3.8, 4) is 0 Å². The van der Waals surface area contributed by atoms with E-state index in [-0.39, 0.29) is 0 Å². The molecule has 1 rings (SSSR count). The van der Waals surface area contributed by atoms with Crippen LogP contribution in [0.5, 0.6) is 0 Å². The van der Waals surface area contributed by atoms with E-state index in [2.05, 4.69) is 36.1 Å². The fourth-order valence-corrected chi connectivity index (χ4v) is 1.13. The molecule has 2 heteroatoms. The van der Waals surface area contributed by atoms with Gasteiger partial charge in [-0.15, -0.1) is 11.6 Å².